The molecule has 0 aliphatic carbocycles. The quantitative estimate of drug-likeness (QED) is 0.658. The van der Waals surface area contributed by atoms with Crippen molar-refractivity contribution < 1.29 is 9.72 Å². The van der Waals surface area contributed by atoms with E-state index < -0.39 is 11.0 Å². The number of carbonyl (C=O) groups excluding carboxylic acids is 1. The van der Waals surface area contributed by atoms with Crippen molar-refractivity contribution in [3.8, 4) is 0 Å². The zero-order valence-corrected chi connectivity index (χ0v) is 11.7. The minimum atomic E-state index is -0.628. The minimum Gasteiger partial charge on any atom is -0.323 e. The zero-order valence-electron chi connectivity index (χ0n) is 10.1. The normalized spacial score (nSPS) is 12.0. The Kier molecular flexibility index (Phi) is 4.80. The molecule has 0 fully saturated rings. The Morgan fingerprint density at radius 2 is 2.22 bits per heavy atom. The topological polar surface area (TPSA) is 98.3 Å². The van der Waals surface area contributed by atoms with Gasteiger partial charge >= 0.3 is 0 Å². The number of anilines is 1. The van der Waals surface area contributed by atoms with Crippen LogP contribution < -0.4 is 11.1 Å². The van der Waals surface area contributed by atoms with E-state index in [1.807, 2.05) is 0 Å². The number of nitrogens with zero attached hydrogens (tertiary/aromatic N) is 1. The lowest BCUT2D eigenvalue weighted by atomic mass is 10.1. The lowest BCUT2D eigenvalue weighted by Gasteiger charge is -2.12. The molecule has 0 saturated heterocycles. The molecule has 0 heterocycles. The Hall–Kier alpha value is -1.47. The minimum absolute atomic E-state index is 0.0430. The summed E-state index contributed by atoms with van der Waals surface area (Å²) in [5.74, 6) is -0.364. The average molecular weight is 316 g/mol. The molecule has 0 unspecified atom stereocenters. The highest BCUT2D eigenvalue weighted by Crippen LogP contribution is 2.30. The van der Waals surface area contributed by atoms with Gasteiger partial charge in [0, 0.05) is 16.1 Å². The third-order valence-corrected chi connectivity index (χ3v) is 3.17. The molecule has 98 valence electrons. The van der Waals surface area contributed by atoms with E-state index in [-0.39, 0.29) is 11.6 Å². The van der Waals surface area contributed by atoms with Gasteiger partial charge in [-0.15, -0.1) is 0 Å². The molecule has 6 nitrogen and oxygen atoms in total. The molecule has 3 N–H and O–H groups in total. The molecule has 18 heavy (non-hydrogen) atoms. The van der Waals surface area contributed by atoms with Crippen LogP contribution >= 0.6 is 15.9 Å². The van der Waals surface area contributed by atoms with Gasteiger partial charge in [-0.1, -0.05) is 6.92 Å². The van der Waals surface area contributed by atoms with Crippen molar-refractivity contribution >= 4 is 33.2 Å². The van der Waals surface area contributed by atoms with Crippen molar-refractivity contribution in [2.24, 2.45) is 5.73 Å². The van der Waals surface area contributed by atoms with Gasteiger partial charge in [-0.05, 0) is 35.3 Å². The first-order valence-corrected chi connectivity index (χ1v) is 6.17. The van der Waals surface area contributed by atoms with Gasteiger partial charge in [0.15, 0.2) is 0 Å². The molecule has 7 heteroatoms. The number of halogens is 1. The number of hydrogen-bond donors (Lipinski definition) is 2. The molecule has 0 spiro atoms. The van der Waals surface area contributed by atoms with E-state index in [9.17, 15) is 14.9 Å². The molecule has 0 bridgehead atoms. The van der Waals surface area contributed by atoms with Gasteiger partial charge < -0.3 is 11.1 Å². The van der Waals surface area contributed by atoms with Crippen molar-refractivity contribution in [2.45, 2.75) is 26.3 Å². The summed E-state index contributed by atoms with van der Waals surface area (Å²) in [7, 11) is 0. The molecule has 0 aliphatic heterocycles. The molecule has 0 aliphatic rings. The van der Waals surface area contributed by atoms with Crippen LogP contribution in [0.3, 0.4) is 0 Å². The number of nitro benzene ring substituents is 1. The van der Waals surface area contributed by atoms with Gasteiger partial charge in [-0.3, -0.25) is 14.9 Å². The first-order chi connectivity index (χ1) is 8.36. The molecule has 1 atom stereocenters. The number of benzene rings is 1. The van der Waals surface area contributed by atoms with E-state index in [0.29, 0.717) is 22.1 Å². The SMILES string of the molecule is CC[C@H](N)C(=O)Nc1cc([N+](=O)[O-])c(C)cc1Br. The summed E-state index contributed by atoms with van der Waals surface area (Å²) in [4.78, 5) is 22.0. The van der Waals surface area contributed by atoms with Crippen molar-refractivity contribution in [2.75, 3.05) is 5.32 Å². The second-order valence-corrected chi connectivity index (χ2v) is 4.73. The predicted octanol–water partition coefficient (Wildman–Crippen LogP) is 2.34. The van der Waals surface area contributed by atoms with E-state index in [2.05, 4.69) is 21.2 Å². The van der Waals surface area contributed by atoms with Gasteiger partial charge in [0.05, 0.1) is 16.7 Å². The zero-order chi connectivity index (χ0) is 13.9. The largest absolute Gasteiger partial charge is 0.323 e. The van der Waals surface area contributed by atoms with Crippen LogP contribution in [-0.4, -0.2) is 16.9 Å². The summed E-state index contributed by atoms with van der Waals surface area (Å²) in [6.07, 6.45) is 0.497. The Morgan fingerprint density at radius 1 is 1.61 bits per heavy atom. The number of aryl methyl sites for hydroxylation is 1. The third-order valence-electron chi connectivity index (χ3n) is 2.52. The van der Waals surface area contributed by atoms with Crippen LogP contribution in [0.1, 0.15) is 18.9 Å². The summed E-state index contributed by atoms with van der Waals surface area (Å²) < 4.78 is 0.585. The highest BCUT2D eigenvalue weighted by atomic mass is 79.9. The standard InChI is InChI=1S/C11H14BrN3O3/c1-3-8(13)11(16)14-9-5-10(15(17)18)6(2)4-7(9)12/h4-5,8H,3,13H2,1-2H3,(H,14,16)/t8-/m0/s1. The van der Waals surface area contributed by atoms with Crippen molar-refractivity contribution in [3.05, 3.63) is 32.3 Å². The van der Waals surface area contributed by atoms with Crippen LogP contribution in [0.5, 0.6) is 0 Å². The summed E-state index contributed by atoms with van der Waals surface area (Å²) in [6.45, 7) is 3.42. The van der Waals surface area contributed by atoms with Gasteiger partial charge in [0.25, 0.3) is 5.69 Å². The molecule has 1 aromatic carbocycles. The van der Waals surface area contributed by atoms with Crippen LogP contribution in [-0.2, 0) is 4.79 Å². The Bertz CT molecular complexity index is 491. The maximum atomic E-state index is 11.6. The fraction of sp³-hybridized carbons (Fsp3) is 0.364. The van der Waals surface area contributed by atoms with E-state index in [1.54, 1.807) is 19.9 Å². The summed E-state index contributed by atoms with van der Waals surface area (Å²) in [5, 5.41) is 13.4. The lowest BCUT2D eigenvalue weighted by Crippen LogP contribution is -2.34. The fourth-order valence-electron chi connectivity index (χ4n) is 1.36. The number of nitrogens with two attached hydrogens (primary N) is 1. The second-order valence-electron chi connectivity index (χ2n) is 3.88. The molecule has 0 aromatic heterocycles. The monoisotopic (exact) mass is 315 g/mol. The summed E-state index contributed by atoms with van der Waals surface area (Å²) in [6, 6.07) is 2.28. The lowest BCUT2D eigenvalue weighted by molar-refractivity contribution is -0.385. The first-order valence-electron chi connectivity index (χ1n) is 5.37. The highest BCUT2D eigenvalue weighted by Gasteiger charge is 2.17. The number of amides is 1. The third kappa shape index (κ3) is 3.27. The van der Waals surface area contributed by atoms with Crippen molar-refractivity contribution in [1.82, 2.24) is 0 Å². The van der Waals surface area contributed by atoms with Gasteiger partial charge in [0.1, 0.15) is 0 Å². The van der Waals surface area contributed by atoms with Crippen molar-refractivity contribution in [3.63, 3.8) is 0 Å². The smallest absolute Gasteiger partial charge is 0.274 e. The maximum absolute atomic E-state index is 11.6. The van der Waals surface area contributed by atoms with E-state index in [0.717, 1.165) is 0 Å². The second kappa shape index (κ2) is 5.92. The molecule has 0 saturated carbocycles. The predicted molar refractivity (Wildman–Crippen MR) is 72.4 cm³/mol. The Labute approximate surface area is 113 Å². The van der Waals surface area contributed by atoms with Crippen molar-refractivity contribution in [1.29, 1.82) is 0 Å². The Balaban J connectivity index is 3.06. The number of rotatable bonds is 4. The van der Waals surface area contributed by atoms with Gasteiger partial charge in [0.2, 0.25) is 5.91 Å². The van der Waals surface area contributed by atoms with Crippen LogP contribution in [0.2, 0.25) is 0 Å². The van der Waals surface area contributed by atoms with Crippen LogP contribution in [0.15, 0.2) is 16.6 Å². The van der Waals surface area contributed by atoms with Gasteiger partial charge in [-0.25, -0.2) is 0 Å². The van der Waals surface area contributed by atoms with E-state index >= 15 is 0 Å². The molecule has 1 rings (SSSR count). The average Bonchev–Trinajstić information content (AvgIpc) is 2.30. The van der Waals surface area contributed by atoms with E-state index in [4.69, 9.17) is 5.73 Å². The summed E-state index contributed by atoms with van der Waals surface area (Å²) >= 11 is 3.25. The molecule has 1 amide bonds. The summed E-state index contributed by atoms with van der Waals surface area (Å²) in [5.41, 5.74) is 6.40. The Morgan fingerprint density at radius 3 is 2.72 bits per heavy atom. The van der Waals surface area contributed by atoms with Crippen LogP contribution in [0, 0.1) is 17.0 Å². The molecule has 0 radical (unpaired) electrons. The first kappa shape index (κ1) is 14.6. The number of nitro groups is 1. The fourth-order valence-corrected chi connectivity index (χ4v) is 1.92. The van der Waals surface area contributed by atoms with Crippen LogP contribution in [0.4, 0.5) is 11.4 Å². The molecule has 1 aromatic rings. The van der Waals surface area contributed by atoms with Gasteiger partial charge in [-0.2, -0.15) is 0 Å². The number of nitrogens with one attached hydrogen (secondary N) is 1. The molecular weight excluding hydrogens is 302 g/mol. The number of hydrogen-bond acceptors (Lipinski definition) is 4. The maximum Gasteiger partial charge on any atom is 0.274 e. The van der Waals surface area contributed by atoms with Crippen LogP contribution in [0.25, 0.3) is 0 Å². The molecular formula is C11H14BrN3O3. The van der Waals surface area contributed by atoms with E-state index in [1.165, 1.54) is 6.07 Å². The highest BCUT2D eigenvalue weighted by molar-refractivity contribution is 9.10. The number of carbonyl (C=O) groups is 1.